The number of ether oxygens (including phenoxy) is 1. The van der Waals surface area contributed by atoms with Gasteiger partial charge in [0.05, 0.1) is 12.6 Å². The highest BCUT2D eigenvalue weighted by atomic mass is 19.2. The molecule has 0 aliphatic heterocycles. The molecule has 0 saturated carbocycles. The highest BCUT2D eigenvalue weighted by molar-refractivity contribution is 5.35. The molecular formula is C15H16F2N2O. The summed E-state index contributed by atoms with van der Waals surface area (Å²) in [5.74, 6) is 4.50. The van der Waals surface area contributed by atoms with E-state index in [4.69, 9.17) is 10.6 Å². The van der Waals surface area contributed by atoms with Gasteiger partial charge in [-0.15, -0.1) is 0 Å². The summed E-state index contributed by atoms with van der Waals surface area (Å²) in [6.45, 7) is 2.49. The molecule has 1 unspecified atom stereocenters. The van der Waals surface area contributed by atoms with Crippen LogP contribution in [0.5, 0.6) is 5.75 Å². The standard InChI is InChI=1S/C15H16F2N2O/c1-2-20-12-6-3-10(4-7-12)15(19-18)11-5-8-13(16)14(17)9-11/h3-9,15,19H,2,18H2,1H3. The summed E-state index contributed by atoms with van der Waals surface area (Å²) in [5, 5.41) is 0. The Bertz CT molecular complexity index is 573. The van der Waals surface area contributed by atoms with Gasteiger partial charge in [-0.25, -0.2) is 14.2 Å². The van der Waals surface area contributed by atoms with Crippen LogP contribution in [0.15, 0.2) is 42.5 Å². The third kappa shape index (κ3) is 3.12. The summed E-state index contributed by atoms with van der Waals surface area (Å²) in [7, 11) is 0. The van der Waals surface area contributed by atoms with E-state index in [1.165, 1.54) is 6.07 Å². The van der Waals surface area contributed by atoms with Gasteiger partial charge in [-0.3, -0.25) is 5.84 Å². The maximum absolute atomic E-state index is 13.3. The normalized spacial score (nSPS) is 12.2. The van der Waals surface area contributed by atoms with E-state index in [-0.39, 0.29) is 0 Å². The predicted molar refractivity (Wildman–Crippen MR) is 73.1 cm³/mol. The molecule has 1 atom stereocenters. The molecule has 0 aliphatic carbocycles. The SMILES string of the molecule is CCOc1ccc(C(NN)c2ccc(F)c(F)c2)cc1. The zero-order valence-corrected chi connectivity index (χ0v) is 11.1. The topological polar surface area (TPSA) is 47.3 Å². The lowest BCUT2D eigenvalue weighted by atomic mass is 9.99. The zero-order chi connectivity index (χ0) is 14.5. The van der Waals surface area contributed by atoms with E-state index in [0.717, 1.165) is 23.4 Å². The van der Waals surface area contributed by atoms with Gasteiger partial charge < -0.3 is 4.74 Å². The van der Waals surface area contributed by atoms with Crippen LogP contribution >= 0.6 is 0 Å². The van der Waals surface area contributed by atoms with Crippen molar-refractivity contribution in [1.82, 2.24) is 5.43 Å². The van der Waals surface area contributed by atoms with E-state index in [1.54, 1.807) is 0 Å². The molecule has 2 aromatic rings. The Kier molecular flexibility index (Phi) is 4.65. The van der Waals surface area contributed by atoms with Gasteiger partial charge in [0.1, 0.15) is 5.75 Å². The monoisotopic (exact) mass is 278 g/mol. The van der Waals surface area contributed by atoms with Gasteiger partial charge in [0.2, 0.25) is 0 Å². The fraction of sp³-hybridized carbons (Fsp3) is 0.200. The Morgan fingerprint density at radius 2 is 1.70 bits per heavy atom. The third-order valence-electron chi connectivity index (χ3n) is 2.97. The van der Waals surface area contributed by atoms with Crippen molar-refractivity contribution < 1.29 is 13.5 Å². The van der Waals surface area contributed by atoms with E-state index in [1.807, 2.05) is 31.2 Å². The number of rotatable bonds is 5. The smallest absolute Gasteiger partial charge is 0.159 e. The molecule has 3 N–H and O–H groups in total. The van der Waals surface area contributed by atoms with Crippen molar-refractivity contribution in [2.75, 3.05) is 6.61 Å². The second-order valence-corrected chi connectivity index (χ2v) is 4.28. The van der Waals surface area contributed by atoms with Crippen molar-refractivity contribution in [3.8, 4) is 5.75 Å². The second-order valence-electron chi connectivity index (χ2n) is 4.28. The summed E-state index contributed by atoms with van der Waals surface area (Å²) in [6, 6.07) is 10.6. The van der Waals surface area contributed by atoms with Crippen molar-refractivity contribution in [1.29, 1.82) is 0 Å². The van der Waals surface area contributed by atoms with E-state index < -0.39 is 17.7 Å². The highest BCUT2D eigenvalue weighted by Crippen LogP contribution is 2.24. The molecule has 0 heterocycles. The van der Waals surface area contributed by atoms with Gasteiger partial charge in [-0.2, -0.15) is 0 Å². The van der Waals surface area contributed by atoms with Gasteiger partial charge >= 0.3 is 0 Å². The summed E-state index contributed by atoms with van der Waals surface area (Å²) >= 11 is 0. The molecule has 5 heteroatoms. The first kappa shape index (κ1) is 14.4. The molecule has 20 heavy (non-hydrogen) atoms. The fourth-order valence-electron chi connectivity index (χ4n) is 2.00. The second kappa shape index (κ2) is 6.45. The van der Waals surface area contributed by atoms with Gasteiger partial charge in [0, 0.05) is 0 Å². The lowest BCUT2D eigenvalue weighted by Gasteiger charge is -2.17. The van der Waals surface area contributed by atoms with Crippen molar-refractivity contribution in [2.45, 2.75) is 13.0 Å². The van der Waals surface area contributed by atoms with Crippen LogP contribution in [0.4, 0.5) is 8.78 Å². The molecule has 0 amide bonds. The minimum atomic E-state index is -0.895. The number of hydrogen-bond donors (Lipinski definition) is 2. The van der Waals surface area contributed by atoms with Crippen LogP contribution in [0, 0.1) is 11.6 Å². The van der Waals surface area contributed by atoms with Gasteiger partial charge in [-0.05, 0) is 42.3 Å². The molecule has 0 spiro atoms. The minimum absolute atomic E-state index is 0.416. The molecule has 2 rings (SSSR count). The largest absolute Gasteiger partial charge is 0.494 e. The first-order chi connectivity index (χ1) is 9.65. The van der Waals surface area contributed by atoms with Crippen molar-refractivity contribution in [3.63, 3.8) is 0 Å². The summed E-state index contributed by atoms with van der Waals surface area (Å²) in [5.41, 5.74) is 3.99. The number of hydrogen-bond acceptors (Lipinski definition) is 3. The number of benzene rings is 2. The van der Waals surface area contributed by atoms with Crippen molar-refractivity contribution in [2.24, 2.45) is 5.84 Å². The molecular weight excluding hydrogens is 262 g/mol. The lowest BCUT2D eigenvalue weighted by Crippen LogP contribution is -2.28. The number of nitrogens with one attached hydrogen (secondary N) is 1. The van der Waals surface area contributed by atoms with Crippen LogP contribution in [0.1, 0.15) is 24.1 Å². The van der Waals surface area contributed by atoms with Crippen molar-refractivity contribution in [3.05, 3.63) is 65.2 Å². The Morgan fingerprint density at radius 1 is 1.05 bits per heavy atom. The molecule has 0 fully saturated rings. The van der Waals surface area contributed by atoms with Gasteiger partial charge in [-0.1, -0.05) is 18.2 Å². The molecule has 0 radical (unpaired) electrons. The Morgan fingerprint density at radius 3 is 2.25 bits per heavy atom. The lowest BCUT2D eigenvalue weighted by molar-refractivity contribution is 0.340. The quantitative estimate of drug-likeness (QED) is 0.653. The maximum Gasteiger partial charge on any atom is 0.159 e. The minimum Gasteiger partial charge on any atom is -0.494 e. The average Bonchev–Trinajstić information content (AvgIpc) is 2.46. The number of halogens is 2. The molecule has 106 valence electrons. The molecule has 0 bridgehead atoms. The van der Waals surface area contributed by atoms with Crippen molar-refractivity contribution >= 4 is 0 Å². The Labute approximate surface area is 116 Å². The third-order valence-corrected chi connectivity index (χ3v) is 2.97. The van der Waals surface area contributed by atoms with Crippen LogP contribution in [-0.2, 0) is 0 Å². The first-order valence-corrected chi connectivity index (χ1v) is 6.29. The molecule has 0 saturated heterocycles. The summed E-state index contributed by atoms with van der Waals surface area (Å²) in [6.07, 6.45) is 0. The molecule has 0 aromatic heterocycles. The summed E-state index contributed by atoms with van der Waals surface area (Å²) in [4.78, 5) is 0. The number of nitrogens with two attached hydrogens (primary N) is 1. The first-order valence-electron chi connectivity index (χ1n) is 6.29. The highest BCUT2D eigenvalue weighted by Gasteiger charge is 2.14. The molecule has 3 nitrogen and oxygen atoms in total. The van der Waals surface area contributed by atoms with E-state index in [9.17, 15) is 8.78 Å². The average molecular weight is 278 g/mol. The molecule has 2 aromatic carbocycles. The van der Waals surface area contributed by atoms with Gasteiger partial charge in [0.15, 0.2) is 11.6 Å². The van der Waals surface area contributed by atoms with E-state index in [2.05, 4.69) is 5.43 Å². The summed E-state index contributed by atoms with van der Waals surface area (Å²) < 4.78 is 31.6. The van der Waals surface area contributed by atoms with E-state index >= 15 is 0 Å². The Balaban J connectivity index is 2.29. The van der Waals surface area contributed by atoms with Crippen LogP contribution in [-0.4, -0.2) is 6.61 Å². The molecule has 0 aliphatic rings. The van der Waals surface area contributed by atoms with Crippen LogP contribution < -0.4 is 16.0 Å². The zero-order valence-electron chi connectivity index (χ0n) is 11.1. The van der Waals surface area contributed by atoms with Gasteiger partial charge in [0.25, 0.3) is 0 Å². The predicted octanol–water partition coefficient (Wildman–Crippen LogP) is 2.92. The Hall–Kier alpha value is -1.98. The van der Waals surface area contributed by atoms with Crippen LogP contribution in [0.2, 0.25) is 0 Å². The number of hydrazine groups is 1. The van der Waals surface area contributed by atoms with Crippen LogP contribution in [0.3, 0.4) is 0 Å². The maximum atomic E-state index is 13.3. The van der Waals surface area contributed by atoms with E-state index in [0.29, 0.717) is 12.2 Å². The fourth-order valence-corrected chi connectivity index (χ4v) is 2.00. The van der Waals surface area contributed by atoms with Crippen LogP contribution in [0.25, 0.3) is 0 Å².